The molecule has 1 heterocycles. The summed E-state index contributed by atoms with van der Waals surface area (Å²) in [4.78, 5) is 28.8. The van der Waals surface area contributed by atoms with Gasteiger partial charge in [0.2, 0.25) is 5.91 Å². The van der Waals surface area contributed by atoms with Gasteiger partial charge in [-0.2, -0.15) is 0 Å². The fourth-order valence-electron chi connectivity index (χ4n) is 6.09. The second-order valence-corrected chi connectivity index (χ2v) is 12.6. The number of likely N-dealkylation sites (tertiary alicyclic amines) is 1. The summed E-state index contributed by atoms with van der Waals surface area (Å²) in [6.45, 7) is 6.96. The van der Waals surface area contributed by atoms with Gasteiger partial charge in [-0.05, 0) is 69.6 Å². The molecule has 212 valence electrons. The van der Waals surface area contributed by atoms with E-state index in [4.69, 9.17) is 11.6 Å². The first kappa shape index (κ1) is 29.4. The number of aliphatic hydroxyl groups excluding tert-OH is 1. The van der Waals surface area contributed by atoms with Gasteiger partial charge in [0.05, 0.1) is 28.8 Å². The first-order chi connectivity index (χ1) is 18.5. The van der Waals surface area contributed by atoms with Crippen LogP contribution in [0.2, 0.25) is 5.02 Å². The molecule has 2 aliphatic rings. The van der Waals surface area contributed by atoms with Gasteiger partial charge in [-0.25, -0.2) is 0 Å². The summed E-state index contributed by atoms with van der Waals surface area (Å²) in [6.07, 6.45) is 4.96. The van der Waals surface area contributed by atoms with Crippen LogP contribution in [0.15, 0.2) is 48.5 Å². The van der Waals surface area contributed by atoms with Gasteiger partial charge in [0.1, 0.15) is 5.75 Å². The number of nitrogens with zero attached hydrogens (tertiary/aromatic N) is 1. The van der Waals surface area contributed by atoms with E-state index >= 15 is 0 Å². The zero-order valence-electron chi connectivity index (χ0n) is 23.2. The van der Waals surface area contributed by atoms with Crippen LogP contribution in [-0.2, 0) is 11.2 Å². The fraction of sp³-hybridized carbons (Fsp3) is 0.548. The molecule has 5 atom stereocenters. The number of carbonyl (C=O) groups excluding carboxylic acids is 2. The molecule has 4 N–H and O–H groups in total. The van der Waals surface area contributed by atoms with Gasteiger partial charge in [-0.1, -0.05) is 67.3 Å². The Labute approximate surface area is 236 Å². The lowest BCUT2D eigenvalue weighted by atomic mass is 9.72. The molecule has 1 aliphatic carbocycles. The molecule has 0 aromatic heterocycles. The average Bonchev–Trinajstić information content (AvgIpc) is 2.89. The molecule has 2 fully saturated rings. The van der Waals surface area contributed by atoms with Gasteiger partial charge < -0.3 is 20.8 Å². The number of benzene rings is 2. The maximum absolute atomic E-state index is 13.4. The highest BCUT2D eigenvalue weighted by atomic mass is 35.5. The van der Waals surface area contributed by atoms with Gasteiger partial charge >= 0.3 is 0 Å². The number of phenolic OH excluding ortho intramolecular Hbond substituents is 1. The van der Waals surface area contributed by atoms with E-state index in [9.17, 15) is 19.8 Å². The largest absolute Gasteiger partial charge is 0.506 e. The van der Waals surface area contributed by atoms with Crippen LogP contribution < -0.4 is 10.6 Å². The van der Waals surface area contributed by atoms with E-state index in [0.717, 1.165) is 31.4 Å². The Morgan fingerprint density at radius 3 is 2.44 bits per heavy atom. The normalized spacial score (nSPS) is 23.4. The van der Waals surface area contributed by atoms with Crippen molar-refractivity contribution in [1.29, 1.82) is 0 Å². The van der Waals surface area contributed by atoms with Crippen molar-refractivity contribution < 1.29 is 19.8 Å². The Bertz CT molecular complexity index is 1140. The zero-order valence-corrected chi connectivity index (χ0v) is 24.0. The molecule has 0 bridgehead atoms. The molecule has 1 saturated carbocycles. The lowest BCUT2D eigenvalue weighted by Gasteiger charge is -2.47. The van der Waals surface area contributed by atoms with Gasteiger partial charge in [0.15, 0.2) is 0 Å². The minimum absolute atomic E-state index is 0.00564. The van der Waals surface area contributed by atoms with Gasteiger partial charge in [-0.15, -0.1) is 0 Å². The fourth-order valence-corrected chi connectivity index (χ4v) is 6.30. The number of piperidine rings is 1. The monoisotopic (exact) mass is 555 g/mol. The van der Waals surface area contributed by atoms with Crippen molar-refractivity contribution in [3.63, 3.8) is 0 Å². The molecule has 0 radical (unpaired) electrons. The van der Waals surface area contributed by atoms with Crippen molar-refractivity contribution in [2.24, 2.45) is 11.8 Å². The number of hydrogen-bond acceptors (Lipinski definition) is 5. The van der Waals surface area contributed by atoms with Crippen LogP contribution in [0.1, 0.15) is 68.8 Å². The quantitative estimate of drug-likeness (QED) is 0.383. The number of phenols is 1. The Kier molecular flexibility index (Phi) is 9.57. The second kappa shape index (κ2) is 12.7. The van der Waals surface area contributed by atoms with E-state index in [1.165, 1.54) is 18.9 Å². The minimum atomic E-state index is -0.935. The number of aliphatic hydroxyl groups is 1. The van der Waals surface area contributed by atoms with E-state index in [-0.39, 0.29) is 40.4 Å². The molecule has 39 heavy (non-hydrogen) atoms. The third kappa shape index (κ3) is 7.74. The zero-order chi connectivity index (χ0) is 28.2. The predicted molar refractivity (Wildman–Crippen MR) is 154 cm³/mol. The topological polar surface area (TPSA) is 102 Å². The lowest BCUT2D eigenvalue weighted by Crippen LogP contribution is -2.60. The third-order valence-electron chi connectivity index (χ3n) is 8.03. The number of β-amino-alcohol motifs (C(OH)–C–C–N with tert-alkyl or cyclic N) is 1. The van der Waals surface area contributed by atoms with Gasteiger partial charge in [0.25, 0.3) is 5.91 Å². The highest BCUT2D eigenvalue weighted by molar-refractivity contribution is 6.35. The molecule has 2 amide bonds. The highest BCUT2D eigenvalue weighted by Crippen LogP contribution is 2.39. The van der Waals surface area contributed by atoms with E-state index in [2.05, 4.69) is 15.5 Å². The number of hydrogen-bond donors (Lipinski definition) is 4. The molecular weight excluding hydrogens is 514 g/mol. The first-order valence-corrected chi connectivity index (χ1v) is 14.5. The van der Waals surface area contributed by atoms with Crippen LogP contribution in [-0.4, -0.2) is 63.7 Å². The van der Waals surface area contributed by atoms with Crippen molar-refractivity contribution in [3.8, 4) is 5.75 Å². The van der Waals surface area contributed by atoms with Crippen LogP contribution in [0.5, 0.6) is 5.75 Å². The van der Waals surface area contributed by atoms with Crippen molar-refractivity contribution in [3.05, 3.63) is 64.7 Å². The Morgan fingerprint density at radius 2 is 1.74 bits per heavy atom. The molecule has 0 spiro atoms. The molecule has 0 unspecified atom stereocenters. The molecule has 7 nitrogen and oxygen atoms in total. The number of amides is 2. The van der Waals surface area contributed by atoms with E-state index in [1.54, 1.807) is 12.1 Å². The number of nitrogens with one attached hydrogen (secondary N) is 2. The number of rotatable bonds is 8. The molecule has 1 aliphatic heterocycles. The molecule has 2 aromatic rings. The lowest BCUT2D eigenvalue weighted by molar-refractivity contribution is -0.132. The summed E-state index contributed by atoms with van der Waals surface area (Å²) in [5.41, 5.74) is 0.763. The maximum atomic E-state index is 13.4. The van der Waals surface area contributed by atoms with Crippen LogP contribution in [0.25, 0.3) is 0 Å². The molecule has 1 saturated heterocycles. The van der Waals surface area contributed by atoms with Crippen molar-refractivity contribution in [2.45, 2.75) is 83.0 Å². The third-order valence-corrected chi connectivity index (χ3v) is 8.42. The first-order valence-electron chi connectivity index (χ1n) is 14.1. The minimum Gasteiger partial charge on any atom is -0.506 e. The summed E-state index contributed by atoms with van der Waals surface area (Å²) in [7, 11) is 0. The SMILES string of the molecule is CC(C)(C)NC(=O)[C@@H]1C[C@@H]2CCCC[C@@H]2CN1C[C@@H](O)[C@H](Cc1ccccc1)NC(=O)c1cccc(O)c1Cl. The van der Waals surface area contributed by atoms with Gasteiger partial charge in [0, 0.05) is 18.6 Å². The highest BCUT2D eigenvalue weighted by Gasteiger charge is 2.41. The van der Waals surface area contributed by atoms with E-state index in [1.807, 2.05) is 51.1 Å². The Balaban J connectivity index is 1.56. The Hall–Kier alpha value is -2.61. The van der Waals surface area contributed by atoms with E-state index in [0.29, 0.717) is 18.3 Å². The van der Waals surface area contributed by atoms with Crippen LogP contribution in [0.3, 0.4) is 0 Å². The van der Waals surface area contributed by atoms with Crippen molar-refractivity contribution in [1.82, 2.24) is 15.5 Å². The molecule has 4 rings (SSSR count). The van der Waals surface area contributed by atoms with E-state index < -0.39 is 18.1 Å². The van der Waals surface area contributed by atoms with Crippen LogP contribution in [0.4, 0.5) is 0 Å². The molecular formula is C31H42ClN3O4. The smallest absolute Gasteiger partial charge is 0.253 e. The van der Waals surface area contributed by atoms with Crippen molar-refractivity contribution in [2.75, 3.05) is 13.1 Å². The average molecular weight is 556 g/mol. The molecule has 2 aromatic carbocycles. The van der Waals surface area contributed by atoms with Crippen LogP contribution >= 0.6 is 11.6 Å². The summed E-state index contributed by atoms with van der Waals surface area (Å²) >= 11 is 6.21. The number of carbonyl (C=O) groups is 2. The summed E-state index contributed by atoms with van der Waals surface area (Å²) in [5, 5.41) is 27.7. The van der Waals surface area contributed by atoms with Crippen LogP contribution in [0, 0.1) is 11.8 Å². The maximum Gasteiger partial charge on any atom is 0.253 e. The standard InChI is InChI=1S/C31H42ClN3O4/c1-31(2,3)34-30(39)25-17-21-12-7-8-13-22(21)18-35(25)19-27(37)24(16-20-10-5-4-6-11-20)33-29(38)23-14-9-15-26(36)28(23)32/h4-6,9-11,14-15,21-22,24-25,27,36-37H,7-8,12-13,16-19H2,1-3H3,(H,33,38)(H,34,39)/t21-,22+,24-,25-,27+/m0/s1. The molecule has 8 heteroatoms. The second-order valence-electron chi connectivity index (χ2n) is 12.2. The summed E-state index contributed by atoms with van der Waals surface area (Å²) in [5.74, 6) is 0.388. The predicted octanol–water partition coefficient (Wildman–Crippen LogP) is 4.54. The number of halogens is 1. The van der Waals surface area contributed by atoms with Gasteiger partial charge in [-0.3, -0.25) is 14.5 Å². The number of fused-ring (bicyclic) bond motifs is 1. The summed E-state index contributed by atoms with van der Waals surface area (Å²) < 4.78 is 0. The summed E-state index contributed by atoms with van der Waals surface area (Å²) in [6, 6.07) is 13.3. The van der Waals surface area contributed by atoms with Crippen molar-refractivity contribution >= 4 is 23.4 Å². The number of aromatic hydroxyl groups is 1. The Morgan fingerprint density at radius 1 is 1.05 bits per heavy atom.